The monoisotopic (exact) mass is 316 g/mol. The van der Waals surface area contributed by atoms with Crippen molar-refractivity contribution in [1.82, 2.24) is 4.98 Å². The number of benzene rings is 1. The van der Waals surface area contributed by atoms with Crippen molar-refractivity contribution in [3.05, 3.63) is 45.0 Å². The molecule has 0 saturated heterocycles. The van der Waals surface area contributed by atoms with Gasteiger partial charge in [-0.2, -0.15) is 0 Å². The number of aromatic carboxylic acids is 1. The Morgan fingerprint density at radius 2 is 1.89 bits per heavy atom. The molecule has 0 fully saturated rings. The van der Waals surface area contributed by atoms with Crippen LogP contribution in [0.2, 0.25) is 15.1 Å². The SMILES string of the molecule is Nc1cc(-c2cc(Cl)ccc2Cl)nc(C(=O)O)c1Cl. The Labute approximate surface area is 123 Å². The third-order valence-corrected chi connectivity index (χ3v) is 3.35. The zero-order chi connectivity index (χ0) is 14.2. The fraction of sp³-hybridized carbons (Fsp3) is 0. The van der Waals surface area contributed by atoms with Gasteiger partial charge in [-0.25, -0.2) is 9.78 Å². The second-order valence-electron chi connectivity index (χ2n) is 3.69. The van der Waals surface area contributed by atoms with Gasteiger partial charge in [0, 0.05) is 10.6 Å². The second-order valence-corrected chi connectivity index (χ2v) is 4.91. The lowest BCUT2D eigenvalue weighted by atomic mass is 10.1. The van der Waals surface area contributed by atoms with Gasteiger partial charge in [0.25, 0.3) is 0 Å². The van der Waals surface area contributed by atoms with Crippen molar-refractivity contribution in [3.8, 4) is 11.3 Å². The highest BCUT2D eigenvalue weighted by Gasteiger charge is 2.17. The summed E-state index contributed by atoms with van der Waals surface area (Å²) < 4.78 is 0. The number of anilines is 1. The van der Waals surface area contributed by atoms with Crippen LogP contribution in [-0.2, 0) is 0 Å². The van der Waals surface area contributed by atoms with E-state index in [2.05, 4.69) is 4.98 Å². The summed E-state index contributed by atoms with van der Waals surface area (Å²) in [5.41, 5.74) is 6.24. The van der Waals surface area contributed by atoms with Gasteiger partial charge in [0.05, 0.1) is 21.4 Å². The first-order valence-corrected chi connectivity index (χ1v) is 6.18. The van der Waals surface area contributed by atoms with E-state index in [0.29, 0.717) is 21.3 Å². The molecular formula is C12H7Cl3N2O2. The molecule has 7 heteroatoms. The average Bonchev–Trinajstić information content (AvgIpc) is 2.35. The zero-order valence-corrected chi connectivity index (χ0v) is 11.6. The van der Waals surface area contributed by atoms with Gasteiger partial charge < -0.3 is 10.8 Å². The molecular weight excluding hydrogens is 311 g/mol. The van der Waals surface area contributed by atoms with Crippen LogP contribution in [0.5, 0.6) is 0 Å². The van der Waals surface area contributed by atoms with Gasteiger partial charge in [0.1, 0.15) is 0 Å². The lowest BCUT2D eigenvalue weighted by molar-refractivity contribution is 0.0691. The topological polar surface area (TPSA) is 76.2 Å². The van der Waals surface area contributed by atoms with Crippen LogP contribution in [-0.4, -0.2) is 16.1 Å². The third kappa shape index (κ3) is 2.76. The Kier molecular flexibility index (Phi) is 3.85. The van der Waals surface area contributed by atoms with Gasteiger partial charge >= 0.3 is 5.97 Å². The molecule has 0 spiro atoms. The highest BCUT2D eigenvalue weighted by atomic mass is 35.5. The first-order chi connectivity index (χ1) is 8.90. The van der Waals surface area contributed by atoms with E-state index in [0.717, 1.165) is 0 Å². The smallest absolute Gasteiger partial charge is 0.356 e. The summed E-state index contributed by atoms with van der Waals surface area (Å²) in [5.74, 6) is -1.27. The summed E-state index contributed by atoms with van der Waals surface area (Å²) in [7, 11) is 0. The van der Waals surface area contributed by atoms with E-state index in [4.69, 9.17) is 45.6 Å². The number of nitrogens with two attached hydrogens (primary N) is 1. The molecule has 0 aliphatic carbocycles. The third-order valence-electron chi connectivity index (χ3n) is 2.39. The summed E-state index contributed by atoms with van der Waals surface area (Å²) in [6.07, 6.45) is 0. The van der Waals surface area contributed by atoms with E-state index in [1.807, 2.05) is 0 Å². The number of nitrogens with zero attached hydrogens (tertiary/aromatic N) is 1. The molecule has 1 heterocycles. The van der Waals surface area contributed by atoms with Gasteiger partial charge in [-0.3, -0.25) is 0 Å². The highest BCUT2D eigenvalue weighted by Crippen LogP contribution is 2.33. The normalized spacial score (nSPS) is 10.5. The molecule has 3 N–H and O–H groups in total. The first kappa shape index (κ1) is 13.9. The minimum Gasteiger partial charge on any atom is -0.476 e. The summed E-state index contributed by atoms with van der Waals surface area (Å²) in [5, 5.41) is 9.76. The predicted molar refractivity (Wildman–Crippen MR) is 76.1 cm³/mol. The van der Waals surface area contributed by atoms with Gasteiger partial charge in [-0.05, 0) is 24.3 Å². The summed E-state index contributed by atoms with van der Waals surface area (Å²) in [6, 6.07) is 6.23. The number of nitrogen functional groups attached to an aromatic ring is 1. The Hall–Kier alpha value is -1.49. The zero-order valence-electron chi connectivity index (χ0n) is 9.32. The molecule has 19 heavy (non-hydrogen) atoms. The van der Waals surface area contributed by atoms with E-state index in [1.54, 1.807) is 18.2 Å². The number of aromatic nitrogens is 1. The maximum absolute atomic E-state index is 11.0. The Morgan fingerprint density at radius 3 is 2.53 bits per heavy atom. The number of hydrogen-bond acceptors (Lipinski definition) is 3. The van der Waals surface area contributed by atoms with E-state index >= 15 is 0 Å². The summed E-state index contributed by atoms with van der Waals surface area (Å²) >= 11 is 17.7. The van der Waals surface area contributed by atoms with E-state index in [1.165, 1.54) is 6.07 Å². The van der Waals surface area contributed by atoms with Gasteiger partial charge in [-0.15, -0.1) is 0 Å². The largest absolute Gasteiger partial charge is 0.476 e. The van der Waals surface area contributed by atoms with Crippen LogP contribution < -0.4 is 5.73 Å². The minimum absolute atomic E-state index is 0.102. The van der Waals surface area contributed by atoms with Gasteiger partial charge in [0.15, 0.2) is 5.69 Å². The first-order valence-electron chi connectivity index (χ1n) is 5.05. The van der Waals surface area contributed by atoms with Crippen LogP contribution in [0.1, 0.15) is 10.5 Å². The van der Waals surface area contributed by atoms with E-state index in [9.17, 15) is 4.79 Å². The lowest BCUT2D eigenvalue weighted by Crippen LogP contribution is -2.05. The summed E-state index contributed by atoms with van der Waals surface area (Å²) in [6.45, 7) is 0. The van der Waals surface area contributed by atoms with Crippen molar-refractivity contribution in [3.63, 3.8) is 0 Å². The molecule has 98 valence electrons. The number of carboxylic acid groups (broad SMARTS) is 1. The van der Waals surface area contributed by atoms with Crippen LogP contribution in [0.3, 0.4) is 0 Å². The Bertz CT molecular complexity index is 674. The highest BCUT2D eigenvalue weighted by molar-refractivity contribution is 6.36. The molecule has 0 aliphatic heterocycles. The number of halogens is 3. The fourth-order valence-corrected chi connectivity index (χ4v) is 2.09. The molecule has 0 aliphatic rings. The second kappa shape index (κ2) is 5.25. The molecule has 0 radical (unpaired) electrons. The van der Waals surface area contributed by atoms with Crippen molar-refractivity contribution < 1.29 is 9.90 Å². The fourth-order valence-electron chi connectivity index (χ4n) is 1.52. The van der Waals surface area contributed by atoms with Gasteiger partial charge in [0.2, 0.25) is 0 Å². The van der Waals surface area contributed by atoms with Crippen molar-refractivity contribution in [2.45, 2.75) is 0 Å². The standard InChI is InChI=1S/C12H7Cl3N2O2/c13-5-1-2-7(14)6(3-5)9-4-8(16)10(15)11(17-9)12(18)19/h1-4H,(H2,16,17)(H,18,19). The molecule has 0 saturated carbocycles. The quantitative estimate of drug-likeness (QED) is 0.878. The Morgan fingerprint density at radius 1 is 1.21 bits per heavy atom. The average molecular weight is 318 g/mol. The van der Waals surface area contributed by atoms with Crippen molar-refractivity contribution in [2.75, 3.05) is 5.73 Å². The molecule has 2 rings (SSSR count). The maximum atomic E-state index is 11.0. The predicted octanol–water partition coefficient (Wildman–Crippen LogP) is 3.99. The number of rotatable bonds is 2. The molecule has 4 nitrogen and oxygen atoms in total. The molecule has 1 aromatic heterocycles. The van der Waals surface area contributed by atoms with Crippen LogP contribution in [0.4, 0.5) is 5.69 Å². The van der Waals surface area contributed by atoms with Crippen LogP contribution in [0.15, 0.2) is 24.3 Å². The molecule has 0 bridgehead atoms. The molecule has 1 aromatic carbocycles. The van der Waals surface area contributed by atoms with E-state index < -0.39 is 5.97 Å². The van der Waals surface area contributed by atoms with Crippen molar-refractivity contribution in [1.29, 1.82) is 0 Å². The number of hydrogen-bond donors (Lipinski definition) is 2. The van der Waals surface area contributed by atoms with E-state index in [-0.39, 0.29) is 16.4 Å². The number of carbonyl (C=O) groups is 1. The van der Waals surface area contributed by atoms with Crippen molar-refractivity contribution in [2.24, 2.45) is 0 Å². The maximum Gasteiger partial charge on any atom is 0.356 e. The van der Waals surface area contributed by atoms with Crippen LogP contribution in [0.25, 0.3) is 11.3 Å². The molecule has 0 unspecified atom stereocenters. The Balaban J connectivity index is 2.69. The van der Waals surface area contributed by atoms with Crippen molar-refractivity contribution >= 4 is 46.5 Å². The minimum atomic E-state index is -1.27. The molecule has 0 amide bonds. The van der Waals surface area contributed by atoms with Crippen LogP contribution >= 0.6 is 34.8 Å². The number of pyridine rings is 1. The number of carboxylic acids is 1. The molecule has 0 atom stereocenters. The summed E-state index contributed by atoms with van der Waals surface area (Å²) in [4.78, 5) is 15.0. The lowest BCUT2D eigenvalue weighted by Gasteiger charge is -2.08. The van der Waals surface area contributed by atoms with Crippen LogP contribution in [0, 0.1) is 0 Å². The molecule has 2 aromatic rings. The van der Waals surface area contributed by atoms with Gasteiger partial charge in [-0.1, -0.05) is 34.8 Å².